The maximum atomic E-state index is 12.0. The van der Waals surface area contributed by atoms with Gasteiger partial charge in [-0.25, -0.2) is 4.79 Å². The van der Waals surface area contributed by atoms with Gasteiger partial charge in [-0.05, 0) is 44.5 Å². The van der Waals surface area contributed by atoms with Gasteiger partial charge in [-0.1, -0.05) is 60.7 Å². The van der Waals surface area contributed by atoms with E-state index in [1.807, 2.05) is 24.3 Å². The summed E-state index contributed by atoms with van der Waals surface area (Å²) < 4.78 is 5.68. The van der Waals surface area contributed by atoms with E-state index in [1.54, 1.807) is 6.07 Å². The Morgan fingerprint density at radius 2 is 1.14 bits per heavy atom. The van der Waals surface area contributed by atoms with Crippen molar-refractivity contribution in [3.63, 3.8) is 0 Å². The average molecular weight is 374 g/mol. The van der Waals surface area contributed by atoms with Crippen LogP contribution in [0.2, 0.25) is 0 Å². The number of rotatable bonds is 1. The highest BCUT2D eigenvalue weighted by Crippen LogP contribution is 2.39. The van der Waals surface area contributed by atoms with Crippen molar-refractivity contribution < 1.29 is 9.21 Å². The van der Waals surface area contributed by atoms with Crippen molar-refractivity contribution in [2.75, 3.05) is 0 Å². The van der Waals surface area contributed by atoms with Crippen molar-refractivity contribution in [1.82, 2.24) is 0 Å². The van der Waals surface area contributed by atoms with E-state index in [-0.39, 0.29) is 5.63 Å². The molecule has 0 unspecified atom stereocenters. The second kappa shape index (κ2) is 5.76. The molecule has 0 saturated heterocycles. The van der Waals surface area contributed by atoms with E-state index in [1.165, 1.54) is 6.07 Å². The van der Waals surface area contributed by atoms with E-state index >= 15 is 0 Å². The van der Waals surface area contributed by atoms with Gasteiger partial charge < -0.3 is 4.42 Å². The number of hydrogen-bond acceptors (Lipinski definition) is 3. The van der Waals surface area contributed by atoms with Gasteiger partial charge in [-0.3, -0.25) is 4.79 Å². The van der Waals surface area contributed by atoms with E-state index in [4.69, 9.17) is 4.42 Å². The van der Waals surface area contributed by atoms with E-state index in [2.05, 4.69) is 42.5 Å². The van der Waals surface area contributed by atoms with Gasteiger partial charge in [0.2, 0.25) is 0 Å². The predicted octanol–water partition coefficient (Wildman–Crippen LogP) is 6.22. The Labute approximate surface area is 164 Å². The van der Waals surface area contributed by atoms with Gasteiger partial charge in [-0.2, -0.15) is 0 Å². The van der Waals surface area contributed by atoms with Gasteiger partial charge in [0.15, 0.2) is 0 Å². The van der Waals surface area contributed by atoms with E-state index in [0.29, 0.717) is 11.1 Å². The maximum Gasteiger partial charge on any atom is 0.336 e. The molecule has 0 bridgehead atoms. The summed E-state index contributed by atoms with van der Waals surface area (Å²) in [6.45, 7) is 0. The molecule has 0 aliphatic heterocycles. The molecular formula is C26H14O3. The molecule has 0 N–H and O–H groups in total. The predicted molar refractivity (Wildman–Crippen MR) is 118 cm³/mol. The van der Waals surface area contributed by atoms with Crippen molar-refractivity contribution in [3.05, 3.63) is 94.8 Å². The number of carbonyl (C=O) groups is 1. The lowest BCUT2D eigenvalue weighted by molar-refractivity contribution is 0.112. The normalized spacial score (nSPS) is 11.7. The zero-order valence-corrected chi connectivity index (χ0v) is 15.3. The van der Waals surface area contributed by atoms with Crippen LogP contribution < -0.4 is 5.63 Å². The number of aldehydes is 1. The highest BCUT2D eigenvalue weighted by atomic mass is 16.4. The monoisotopic (exact) mass is 374 g/mol. The Hall–Kier alpha value is -3.98. The molecule has 0 atom stereocenters. The van der Waals surface area contributed by atoms with Gasteiger partial charge in [-0.15, -0.1) is 0 Å². The molecule has 5 aromatic carbocycles. The van der Waals surface area contributed by atoms with Gasteiger partial charge in [0.25, 0.3) is 0 Å². The molecule has 3 heteroatoms. The highest BCUT2D eigenvalue weighted by Gasteiger charge is 2.13. The van der Waals surface area contributed by atoms with Crippen LogP contribution in [0.25, 0.3) is 54.1 Å². The summed E-state index contributed by atoms with van der Waals surface area (Å²) in [5.41, 5.74) is 0.866. The van der Waals surface area contributed by atoms with Crippen molar-refractivity contribution >= 4 is 60.3 Å². The van der Waals surface area contributed by atoms with Crippen LogP contribution in [0.1, 0.15) is 10.4 Å². The van der Waals surface area contributed by atoms with E-state index in [9.17, 15) is 9.59 Å². The number of carbonyl (C=O) groups excluding carboxylic acids is 1. The third kappa shape index (κ3) is 2.25. The summed E-state index contributed by atoms with van der Waals surface area (Å²) in [6.07, 6.45) is 0.871. The van der Waals surface area contributed by atoms with Gasteiger partial charge in [0.1, 0.15) is 11.9 Å². The molecule has 1 aromatic heterocycles. The van der Waals surface area contributed by atoms with Gasteiger partial charge in [0, 0.05) is 27.8 Å². The fourth-order valence-electron chi connectivity index (χ4n) is 4.38. The molecule has 1 heterocycles. The summed E-state index contributed by atoms with van der Waals surface area (Å²) in [7, 11) is 0. The number of hydrogen-bond donors (Lipinski definition) is 0. The second-order valence-electron chi connectivity index (χ2n) is 7.33. The molecule has 136 valence electrons. The van der Waals surface area contributed by atoms with Gasteiger partial charge in [0.05, 0.1) is 0 Å². The summed E-state index contributed by atoms with van der Waals surface area (Å²) in [4.78, 5) is 23.4. The molecule has 0 spiro atoms. The van der Waals surface area contributed by atoms with Crippen LogP contribution in [0.15, 0.2) is 88.1 Å². The lowest BCUT2D eigenvalue weighted by atomic mass is 9.91. The third-order valence-corrected chi connectivity index (χ3v) is 5.71. The fourth-order valence-corrected chi connectivity index (χ4v) is 4.38. The van der Waals surface area contributed by atoms with Crippen LogP contribution >= 0.6 is 0 Å². The zero-order chi connectivity index (χ0) is 19.5. The first-order chi connectivity index (χ1) is 14.2. The molecule has 6 rings (SSSR count). The highest BCUT2D eigenvalue weighted by molar-refractivity contribution is 6.31. The average Bonchev–Trinajstić information content (AvgIpc) is 2.77. The first kappa shape index (κ1) is 16.0. The van der Waals surface area contributed by atoms with Crippen LogP contribution in [0.5, 0.6) is 0 Å². The Morgan fingerprint density at radius 1 is 0.586 bits per heavy atom. The largest absolute Gasteiger partial charge is 0.422 e. The van der Waals surface area contributed by atoms with Crippen LogP contribution in [0, 0.1) is 0 Å². The molecule has 29 heavy (non-hydrogen) atoms. The first-order valence-corrected chi connectivity index (χ1v) is 9.43. The summed E-state index contributed by atoms with van der Waals surface area (Å²) in [6, 6.07) is 25.5. The Kier molecular flexibility index (Phi) is 3.18. The second-order valence-corrected chi connectivity index (χ2v) is 7.33. The smallest absolute Gasteiger partial charge is 0.336 e. The minimum absolute atomic E-state index is 0.365. The fraction of sp³-hybridized carbons (Fsp3) is 0. The first-order valence-electron chi connectivity index (χ1n) is 9.43. The quantitative estimate of drug-likeness (QED) is 0.195. The van der Waals surface area contributed by atoms with Crippen LogP contribution in [-0.4, -0.2) is 6.29 Å². The minimum Gasteiger partial charge on any atom is -0.422 e. The lowest BCUT2D eigenvalue weighted by Crippen LogP contribution is -1.95. The molecule has 3 nitrogen and oxygen atoms in total. The molecule has 0 fully saturated rings. The van der Waals surface area contributed by atoms with Crippen molar-refractivity contribution in [1.29, 1.82) is 0 Å². The summed E-state index contributed by atoms with van der Waals surface area (Å²) >= 11 is 0. The number of benzene rings is 5. The minimum atomic E-state index is -0.365. The molecule has 0 radical (unpaired) electrons. The van der Waals surface area contributed by atoms with Crippen molar-refractivity contribution in [2.45, 2.75) is 0 Å². The third-order valence-electron chi connectivity index (χ3n) is 5.71. The molecule has 0 aliphatic carbocycles. The molecule has 6 aromatic rings. The SMILES string of the molecule is O=Cc1ccc2ccc3ccc4ccc5ccc6ccc(=O)oc6c5c4c3c2c1. The Bertz CT molecular complexity index is 1670. The van der Waals surface area contributed by atoms with Crippen LogP contribution in [0.4, 0.5) is 0 Å². The summed E-state index contributed by atoms with van der Waals surface area (Å²) in [5.74, 6) is 0. The Morgan fingerprint density at radius 3 is 1.86 bits per heavy atom. The van der Waals surface area contributed by atoms with E-state index < -0.39 is 0 Å². The topological polar surface area (TPSA) is 47.3 Å². The molecular weight excluding hydrogens is 360 g/mol. The van der Waals surface area contributed by atoms with Crippen molar-refractivity contribution in [2.24, 2.45) is 0 Å². The molecule has 0 amide bonds. The Balaban J connectivity index is 2.00. The summed E-state index contributed by atoms with van der Waals surface area (Å²) in [5, 5.41) is 9.14. The molecule has 0 aliphatic rings. The van der Waals surface area contributed by atoms with Gasteiger partial charge >= 0.3 is 5.63 Å². The molecule has 0 saturated carbocycles. The van der Waals surface area contributed by atoms with E-state index in [0.717, 1.165) is 54.8 Å². The lowest BCUT2D eigenvalue weighted by Gasteiger charge is -2.12. The zero-order valence-electron chi connectivity index (χ0n) is 15.3. The maximum absolute atomic E-state index is 12.0. The van der Waals surface area contributed by atoms with Crippen molar-refractivity contribution in [3.8, 4) is 0 Å². The van der Waals surface area contributed by atoms with Crippen LogP contribution in [-0.2, 0) is 0 Å². The van der Waals surface area contributed by atoms with Crippen LogP contribution in [0.3, 0.4) is 0 Å². The number of fused-ring (bicyclic) bond motifs is 9. The standard InChI is InChI=1S/C26H14O3/c27-14-15-1-2-16-3-4-17-5-6-18-7-8-19-9-10-20-11-12-22(28)29-26(20)25(19)24(18)23(17)21(16)13-15/h1-14H.